The van der Waals surface area contributed by atoms with Gasteiger partial charge in [-0.15, -0.1) is 0 Å². The van der Waals surface area contributed by atoms with Gasteiger partial charge in [0.25, 0.3) is 0 Å². The van der Waals surface area contributed by atoms with Gasteiger partial charge >= 0.3 is 12.0 Å². The van der Waals surface area contributed by atoms with Gasteiger partial charge in [0.2, 0.25) is 0 Å². The molecular formula is C11H20N2O4. The fourth-order valence-electron chi connectivity index (χ4n) is 1.98. The van der Waals surface area contributed by atoms with Gasteiger partial charge in [-0.05, 0) is 12.8 Å². The highest BCUT2D eigenvalue weighted by Gasteiger charge is 2.29. The number of rotatable bonds is 5. The van der Waals surface area contributed by atoms with E-state index in [0.29, 0.717) is 12.8 Å². The van der Waals surface area contributed by atoms with Crippen molar-refractivity contribution in [1.29, 1.82) is 0 Å². The van der Waals surface area contributed by atoms with Gasteiger partial charge in [-0.1, -0.05) is 19.3 Å². The van der Waals surface area contributed by atoms with Gasteiger partial charge in [0.1, 0.15) is 0 Å². The molecule has 0 aliphatic heterocycles. The summed E-state index contributed by atoms with van der Waals surface area (Å²) in [4.78, 5) is 21.5. The highest BCUT2D eigenvalue weighted by atomic mass is 16.4. The van der Waals surface area contributed by atoms with E-state index in [2.05, 4.69) is 10.6 Å². The minimum Gasteiger partial charge on any atom is -0.481 e. The van der Waals surface area contributed by atoms with E-state index < -0.39 is 17.6 Å². The normalized spacial score (nSPS) is 18.4. The van der Waals surface area contributed by atoms with Crippen LogP contribution >= 0.6 is 0 Å². The van der Waals surface area contributed by atoms with E-state index in [1.807, 2.05) is 0 Å². The molecule has 0 aromatic rings. The van der Waals surface area contributed by atoms with E-state index in [4.69, 9.17) is 5.11 Å². The molecule has 1 fully saturated rings. The fraction of sp³-hybridized carbons (Fsp3) is 0.818. The molecule has 0 bridgehead atoms. The minimum atomic E-state index is -0.948. The second kappa shape index (κ2) is 6.44. The van der Waals surface area contributed by atoms with E-state index in [-0.39, 0.29) is 19.5 Å². The van der Waals surface area contributed by atoms with Crippen molar-refractivity contribution in [2.75, 3.05) is 13.1 Å². The van der Waals surface area contributed by atoms with Gasteiger partial charge in [0, 0.05) is 13.1 Å². The zero-order valence-corrected chi connectivity index (χ0v) is 9.87. The number of aliphatic carboxylic acids is 1. The summed E-state index contributed by atoms with van der Waals surface area (Å²) in [5.74, 6) is -0.948. The van der Waals surface area contributed by atoms with Gasteiger partial charge in [-0.3, -0.25) is 4.79 Å². The number of carboxylic acids is 1. The molecular weight excluding hydrogens is 224 g/mol. The van der Waals surface area contributed by atoms with Crippen LogP contribution in [0.4, 0.5) is 4.79 Å². The van der Waals surface area contributed by atoms with Crippen molar-refractivity contribution >= 4 is 12.0 Å². The van der Waals surface area contributed by atoms with E-state index in [1.165, 1.54) is 0 Å². The molecule has 1 aliphatic carbocycles. The number of urea groups is 1. The van der Waals surface area contributed by atoms with Crippen molar-refractivity contribution in [3.63, 3.8) is 0 Å². The molecule has 0 spiro atoms. The summed E-state index contributed by atoms with van der Waals surface area (Å²) in [6, 6.07) is -0.426. The van der Waals surface area contributed by atoms with Gasteiger partial charge in [-0.2, -0.15) is 0 Å². The number of hydrogen-bond acceptors (Lipinski definition) is 3. The first-order valence-corrected chi connectivity index (χ1v) is 5.98. The molecule has 0 saturated heterocycles. The van der Waals surface area contributed by atoms with Crippen LogP contribution in [0.15, 0.2) is 0 Å². The standard InChI is InChI=1S/C11H20N2O4/c14-9(15)4-7-12-10(16)13-8-11(17)5-2-1-3-6-11/h17H,1-8H2,(H,14,15)(H2,12,13,16). The first-order valence-electron chi connectivity index (χ1n) is 5.98. The monoisotopic (exact) mass is 244 g/mol. The van der Waals surface area contributed by atoms with Crippen molar-refractivity contribution in [2.24, 2.45) is 0 Å². The third-order valence-electron chi connectivity index (χ3n) is 2.99. The average molecular weight is 244 g/mol. The van der Waals surface area contributed by atoms with Gasteiger partial charge in [0.15, 0.2) is 0 Å². The summed E-state index contributed by atoms with van der Waals surface area (Å²) >= 11 is 0. The number of aliphatic hydroxyl groups is 1. The average Bonchev–Trinajstić information content (AvgIpc) is 2.27. The Kier molecular flexibility index (Phi) is 5.21. The first-order chi connectivity index (χ1) is 8.02. The molecule has 6 heteroatoms. The van der Waals surface area contributed by atoms with Crippen LogP contribution in [0.2, 0.25) is 0 Å². The van der Waals surface area contributed by atoms with E-state index in [1.54, 1.807) is 0 Å². The van der Waals surface area contributed by atoms with Crippen LogP contribution in [0, 0.1) is 0 Å². The third kappa shape index (κ3) is 5.53. The predicted molar refractivity (Wildman–Crippen MR) is 61.7 cm³/mol. The molecule has 17 heavy (non-hydrogen) atoms. The second-order valence-electron chi connectivity index (χ2n) is 4.54. The Bertz CT molecular complexity index is 275. The number of carbonyl (C=O) groups is 2. The number of nitrogens with one attached hydrogen (secondary N) is 2. The molecule has 0 radical (unpaired) electrons. The molecule has 0 heterocycles. The molecule has 1 rings (SSSR count). The Morgan fingerprint density at radius 1 is 1.12 bits per heavy atom. The van der Waals surface area contributed by atoms with Crippen LogP contribution < -0.4 is 10.6 Å². The summed E-state index contributed by atoms with van der Waals surface area (Å²) < 4.78 is 0. The SMILES string of the molecule is O=C(O)CCNC(=O)NCC1(O)CCCCC1. The topological polar surface area (TPSA) is 98.7 Å². The molecule has 0 aromatic heterocycles. The Morgan fingerprint density at radius 3 is 2.35 bits per heavy atom. The van der Waals surface area contributed by atoms with Crippen LogP contribution in [-0.4, -0.2) is 40.9 Å². The lowest BCUT2D eigenvalue weighted by Gasteiger charge is -2.32. The quantitative estimate of drug-likeness (QED) is 0.564. The second-order valence-corrected chi connectivity index (χ2v) is 4.54. The number of amides is 2. The molecule has 0 atom stereocenters. The lowest BCUT2D eigenvalue weighted by molar-refractivity contribution is -0.136. The molecule has 98 valence electrons. The van der Waals surface area contributed by atoms with Crippen molar-refractivity contribution in [3.8, 4) is 0 Å². The van der Waals surface area contributed by atoms with Crippen LogP contribution in [0.25, 0.3) is 0 Å². The highest BCUT2D eigenvalue weighted by molar-refractivity contribution is 5.75. The van der Waals surface area contributed by atoms with E-state index >= 15 is 0 Å². The summed E-state index contributed by atoms with van der Waals surface area (Å²) in [6.45, 7) is 0.325. The highest BCUT2D eigenvalue weighted by Crippen LogP contribution is 2.27. The number of hydrogen-bond donors (Lipinski definition) is 4. The zero-order valence-electron chi connectivity index (χ0n) is 9.87. The zero-order chi connectivity index (χ0) is 12.7. The predicted octanol–water partition coefficient (Wildman–Crippen LogP) is 0.455. The first kappa shape index (κ1) is 13.8. The molecule has 0 aromatic carbocycles. The minimum absolute atomic E-state index is 0.0968. The lowest BCUT2D eigenvalue weighted by Crippen LogP contribution is -2.47. The van der Waals surface area contributed by atoms with Crippen molar-refractivity contribution in [2.45, 2.75) is 44.1 Å². The largest absolute Gasteiger partial charge is 0.481 e. The van der Waals surface area contributed by atoms with Crippen LogP contribution in [0.1, 0.15) is 38.5 Å². The van der Waals surface area contributed by atoms with Crippen LogP contribution in [-0.2, 0) is 4.79 Å². The smallest absolute Gasteiger partial charge is 0.314 e. The maximum absolute atomic E-state index is 11.3. The Hall–Kier alpha value is -1.30. The molecule has 0 unspecified atom stereocenters. The summed E-state index contributed by atoms with van der Waals surface area (Å²) in [5.41, 5.74) is -0.789. The Labute approximate surface area is 100 Å². The van der Waals surface area contributed by atoms with Gasteiger partial charge in [-0.25, -0.2) is 4.79 Å². The molecule has 2 amide bonds. The fourth-order valence-corrected chi connectivity index (χ4v) is 1.98. The molecule has 1 saturated carbocycles. The maximum atomic E-state index is 11.3. The van der Waals surface area contributed by atoms with Crippen LogP contribution in [0.3, 0.4) is 0 Å². The maximum Gasteiger partial charge on any atom is 0.314 e. The number of carboxylic acid groups (broad SMARTS) is 1. The van der Waals surface area contributed by atoms with Crippen LogP contribution in [0.5, 0.6) is 0 Å². The van der Waals surface area contributed by atoms with Gasteiger partial charge < -0.3 is 20.8 Å². The van der Waals surface area contributed by atoms with E-state index in [0.717, 1.165) is 19.3 Å². The van der Waals surface area contributed by atoms with Gasteiger partial charge in [0.05, 0.1) is 12.0 Å². The van der Waals surface area contributed by atoms with Crippen molar-refractivity contribution < 1.29 is 19.8 Å². The summed E-state index contributed by atoms with van der Waals surface area (Å²) in [5, 5.41) is 23.5. The van der Waals surface area contributed by atoms with E-state index in [9.17, 15) is 14.7 Å². The Morgan fingerprint density at radius 2 is 1.76 bits per heavy atom. The molecule has 4 N–H and O–H groups in total. The molecule has 1 aliphatic rings. The summed E-state index contributed by atoms with van der Waals surface area (Å²) in [6.07, 6.45) is 4.42. The van der Waals surface area contributed by atoms with Crippen molar-refractivity contribution in [1.82, 2.24) is 10.6 Å². The Balaban J connectivity index is 2.16. The third-order valence-corrected chi connectivity index (χ3v) is 2.99. The van der Waals surface area contributed by atoms with Crippen molar-refractivity contribution in [3.05, 3.63) is 0 Å². The number of carbonyl (C=O) groups excluding carboxylic acids is 1. The summed E-state index contributed by atoms with van der Waals surface area (Å²) in [7, 11) is 0. The lowest BCUT2D eigenvalue weighted by atomic mass is 9.85. The molecule has 6 nitrogen and oxygen atoms in total.